The SMILES string of the molecule is Cn1cc(B2OC(C)(C)C(C)(C)O2)c2c(cnn2C)c1=O. The van der Waals surface area contributed by atoms with E-state index < -0.39 is 18.3 Å². The molecule has 1 aliphatic rings. The smallest absolute Gasteiger partial charge is 0.399 e. The first-order valence-corrected chi connectivity index (χ1v) is 7.01. The van der Waals surface area contributed by atoms with Gasteiger partial charge >= 0.3 is 7.12 Å². The van der Waals surface area contributed by atoms with Gasteiger partial charge in [-0.2, -0.15) is 5.10 Å². The van der Waals surface area contributed by atoms with E-state index in [0.717, 1.165) is 11.0 Å². The molecule has 2 aromatic rings. The third-order valence-corrected chi connectivity index (χ3v) is 4.60. The quantitative estimate of drug-likeness (QED) is 0.720. The van der Waals surface area contributed by atoms with Crippen LogP contribution in [0.25, 0.3) is 10.9 Å². The predicted molar refractivity (Wildman–Crippen MR) is 81.7 cm³/mol. The van der Waals surface area contributed by atoms with Crippen LogP contribution in [0.5, 0.6) is 0 Å². The van der Waals surface area contributed by atoms with Crippen molar-refractivity contribution in [3.05, 3.63) is 22.7 Å². The Bertz CT molecular complexity index is 760. The van der Waals surface area contributed by atoms with Crippen molar-refractivity contribution in [2.24, 2.45) is 14.1 Å². The van der Waals surface area contributed by atoms with E-state index in [1.165, 1.54) is 0 Å². The minimum Gasteiger partial charge on any atom is -0.399 e. The van der Waals surface area contributed by atoms with Gasteiger partial charge in [-0.05, 0) is 27.7 Å². The number of aryl methyl sites for hydroxylation is 2. The Morgan fingerprint density at radius 2 is 1.71 bits per heavy atom. The molecule has 1 aliphatic heterocycles. The normalized spacial score (nSPS) is 20.4. The Balaban J connectivity index is 2.21. The number of aromatic nitrogens is 3. The molecule has 6 nitrogen and oxygen atoms in total. The van der Waals surface area contributed by atoms with Gasteiger partial charge in [0.15, 0.2) is 0 Å². The summed E-state index contributed by atoms with van der Waals surface area (Å²) in [4.78, 5) is 12.2. The van der Waals surface area contributed by atoms with Crippen molar-refractivity contribution in [2.45, 2.75) is 38.9 Å². The molecule has 0 atom stereocenters. The third-order valence-electron chi connectivity index (χ3n) is 4.60. The maximum absolute atomic E-state index is 12.2. The average Bonchev–Trinajstić information content (AvgIpc) is 2.83. The van der Waals surface area contributed by atoms with Crippen LogP contribution >= 0.6 is 0 Å². The molecule has 112 valence electrons. The topological polar surface area (TPSA) is 58.3 Å². The number of hydrogen-bond acceptors (Lipinski definition) is 4. The minimum absolute atomic E-state index is 0.0710. The molecule has 0 saturated carbocycles. The summed E-state index contributed by atoms with van der Waals surface area (Å²) in [5.74, 6) is 0. The first-order valence-electron chi connectivity index (χ1n) is 7.01. The third kappa shape index (κ3) is 1.95. The second-order valence-electron chi connectivity index (χ2n) is 6.62. The summed E-state index contributed by atoms with van der Waals surface area (Å²) >= 11 is 0. The summed E-state index contributed by atoms with van der Waals surface area (Å²) in [6.45, 7) is 8.04. The minimum atomic E-state index is -0.514. The van der Waals surface area contributed by atoms with Gasteiger partial charge in [0.25, 0.3) is 5.56 Å². The standard InChI is InChI=1S/C14H20BN3O3/c1-13(2)14(3,4)21-15(20-13)10-8-17(5)12(19)9-7-16-18(6)11(9)10/h7-8H,1-6H3. The van der Waals surface area contributed by atoms with E-state index in [2.05, 4.69) is 5.10 Å². The summed E-state index contributed by atoms with van der Waals surface area (Å²) in [5.41, 5.74) is 0.676. The van der Waals surface area contributed by atoms with E-state index in [-0.39, 0.29) is 5.56 Å². The summed E-state index contributed by atoms with van der Waals surface area (Å²) in [5, 5.41) is 4.77. The number of fused-ring (bicyclic) bond motifs is 1. The van der Waals surface area contributed by atoms with Gasteiger partial charge in [-0.3, -0.25) is 9.48 Å². The van der Waals surface area contributed by atoms with Crippen LogP contribution in [-0.4, -0.2) is 32.7 Å². The monoisotopic (exact) mass is 289 g/mol. The maximum atomic E-state index is 12.2. The molecule has 0 aliphatic carbocycles. The zero-order valence-corrected chi connectivity index (χ0v) is 13.3. The van der Waals surface area contributed by atoms with Gasteiger partial charge in [0, 0.05) is 25.8 Å². The number of nitrogens with zero attached hydrogens (tertiary/aromatic N) is 3. The molecule has 1 fully saturated rings. The summed E-state index contributed by atoms with van der Waals surface area (Å²) in [6.07, 6.45) is 3.36. The summed E-state index contributed by atoms with van der Waals surface area (Å²) in [6, 6.07) is 0. The van der Waals surface area contributed by atoms with Crippen LogP contribution in [-0.2, 0) is 23.4 Å². The Morgan fingerprint density at radius 1 is 1.14 bits per heavy atom. The molecule has 0 amide bonds. The van der Waals surface area contributed by atoms with E-state index in [1.54, 1.807) is 28.7 Å². The fourth-order valence-electron chi connectivity index (χ4n) is 2.60. The fraction of sp³-hybridized carbons (Fsp3) is 0.571. The molecule has 0 N–H and O–H groups in total. The lowest BCUT2D eigenvalue weighted by atomic mass is 9.79. The number of pyridine rings is 1. The number of hydrogen-bond donors (Lipinski definition) is 0. The van der Waals surface area contributed by atoms with Gasteiger partial charge in [0.05, 0.1) is 28.3 Å². The molecule has 0 spiro atoms. The first-order chi connectivity index (χ1) is 9.64. The van der Waals surface area contributed by atoms with Gasteiger partial charge in [0.2, 0.25) is 0 Å². The highest BCUT2D eigenvalue weighted by molar-refractivity contribution is 6.64. The van der Waals surface area contributed by atoms with E-state index in [9.17, 15) is 4.79 Å². The second-order valence-corrected chi connectivity index (χ2v) is 6.62. The molecule has 0 aromatic carbocycles. The van der Waals surface area contributed by atoms with Gasteiger partial charge in [-0.25, -0.2) is 0 Å². The van der Waals surface area contributed by atoms with E-state index in [4.69, 9.17) is 9.31 Å². The maximum Gasteiger partial charge on any atom is 0.498 e. The Labute approximate surface area is 123 Å². The molecule has 1 saturated heterocycles. The van der Waals surface area contributed by atoms with Crippen LogP contribution in [0.4, 0.5) is 0 Å². The summed E-state index contributed by atoms with van der Waals surface area (Å²) in [7, 11) is 3.03. The van der Waals surface area contributed by atoms with Crippen molar-refractivity contribution in [3.8, 4) is 0 Å². The van der Waals surface area contributed by atoms with Gasteiger partial charge in [-0.1, -0.05) is 0 Å². The lowest BCUT2D eigenvalue weighted by molar-refractivity contribution is 0.00578. The van der Waals surface area contributed by atoms with Crippen LogP contribution in [0.3, 0.4) is 0 Å². The molecular formula is C14H20BN3O3. The molecule has 21 heavy (non-hydrogen) atoms. The highest BCUT2D eigenvalue weighted by atomic mass is 16.7. The predicted octanol–water partition coefficient (Wildman–Crippen LogP) is 0.571. The lowest BCUT2D eigenvalue weighted by Gasteiger charge is -2.32. The van der Waals surface area contributed by atoms with Crippen molar-refractivity contribution >= 4 is 23.5 Å². The molecule has 7 heteroatoms. The van der Waals surface area contributed by atoms with E-state index in [0.29, 0.717) is 5.39 Å². The second kappa shape index (κ2) is 4.21. The zero-order chi connectivity index (χ0) is 15.6. The van der Waals surface area contributed by atoms with Gasteiger partial charge in [0.1, 0.15) is 0 Å². The Kier molecular flexibility index (Phi) is 2.87. The van der Waals surface area contributed by atoms with Crippen LogP contribution < -0.4 is 11.0 Å². The van der Waals surface area contributed by atoms with Crippen molar-refractivity contribution in [1.29, 1.82) is 0 Å². The molecule has 0 unspecified atom stereocenters. The lowest BCUT2D eigenvalue weighted by Crippen LogP contribution is -2.41. The van der Waals surface area contributed by atoms with Crippen LogP contribution in [0.15, 0.2) is 17.2 Å². The van der Waals surface area contributed by atoms with Crippen LogP contribution in [0.1, 0.15) is 27.7 Å². The largest absolute Gasteiger partial charge is 0.498 e. The first kappa shape index (κ1) is 14.3. The molecule has 0 radical (unpaired) electrons. The highest BCUT2D eigenvalue weighted by Gasteiger charge is 2.52. The Morgan fingerprint density at radius 3 is 2.29 bits per heavy atom. The van der Waals surface area contributed by atoms with Crippen molar-refractivity contribution in [1.82, 2.24) is 14.3 Å². The fourth-order valence-corrected chi connectivity index (χ4v) is 2.60. The van der Waals surface area contributed by atoms with Crippen LogP contribution in [0, 0.1) is 0 Å². The van der Waals surface area contributed by atoms with Crippen LogP contribution in [0.2, 0.25) is 0 Å². The summed E-state index contributed by atoms with van der Waals surface area (Å²) < 4.78 is 15.4. The molecule has 3 rings (SSSR count). The van der Waals surface area contributed by atoms with Gasteiger partial charge in [-0.15, -0.1) is 0 Å². The molecule has 3 heterocycles. The van der Waals surface area contributed by atoms with Crippen molar-refractivity contribution in [3.63, 3.8) is 0 Å². The van der Waals surface area contributed by atoms with E-state index in [1.807, 2.05) is 34.7 Å². The molecular weight excluding hydrogens is 269 g/mol. The Hall–Kier alpha value is -1.60. The zero-order valence-electron chi connectivity index (χ0n) is 13.3. The molecule has 0 bridgehead atoms. The van der Waals surface area contributed by atoms with E-state index >= 15 is 0 Å². The highest BCUT2D eigenvalue weighted by Crippen LogP contribution is 2.36. The van der Waals surface area contributed by atoms with Crippen molar-refractivity contribution in [2.75, 3.05) is 0 Å². The molecule has 2 aromatic heterocycles. The average molecular weight is 289 g/mol. The van der Waals surface area contributed by atoms with Crippen molar-refractivity contribution < 1.29 is 9.31 Å². The van der Waals surface area contributed by atoms with Gasteiger partial charge < -0.3 is 13.9 Å². The number of rotatable bonds is 1.